The predicted octanol–water partition coefficient (Wildman–Crippen LogP) is 1.64. The maximum absolute atomic E-state index is 12.5. The Balaban J connectivity index is 0.00000210. The Morgan fingerprint density at radius 3 is 2.52 bits per heavy atom. The molecule has 7 heteroatoms. The summed E-state index contributed by atoms with van der Waals surface area (Å²) in [6.07, 6.45) is 0.854. The van der Waals surface area contributed by atoms with Crippen molar-refractivity contribution in [3.8, 4) is 6.07 Å². The summed E-state index contributed by atoms with van der Waals surface area (Å²) in [4.78, 5) is 20.1. The number of anilines is 1. The molecular weight excluding hydrogens is 362 g/mol. The molecule has 2 N–H and O–H groups in total. The number of rotatable bonds is 3. The van der Waals surface area contributed by atoms with Gasteiger partial charge in [-0.05, 0) is 17.5 Å². The summed E-state index contributed by atoms with van der Waals surface area (Å²) in [5.74, 6) is 0.921. The van der Waals surface area contributed by atoms with Crippen LogP contribution >= 0.6 is 12.4 Å². The zero-order valence-corrected chi connectivity index (χ0v) is 16.0. The maximum atomic E-state index is 12.5. The van der Waals surface area contributed by atoms with Gasteiger partial charge < -0.3 is 15.2 Å². The summed E-state index contributed by atoms with van der Waals surface area (Å²) in [7, 11) is 0. The number of halogens is 1. The molecule has 0 atom stereocenters. The van der Waals surface area contributed by atoms with Crippen molar-refractivity contribution in [3.05, 3.63) is 62.9 Å². The predicted molar refractivity (Wildman–Crippen MR) is 108 cm³/mol. The van der Waals surface area contributed by atoms with Crippen LogP contribution in [-0.2, 0) is 19.5 Å². The highest BCUT2D eigenvalue weighted by atomic mass is 35.5. The van der Waals surface area contributed by atoms with E-state index in [0.717, 1.165) is 62.6 Å². The van der Waals surface area contributed by atoms with Crippen LogP contribution < -0.4 is 15.8 Å². The second kappa shape index (κ2) is 8.57. The first-order valence-electron chi connectivity index (χ1n) is 9.16. The van der Waals surface area contributed by atoms with Crippen LogP contribution in [0.25, 0.3) is 0 Å². The molecule has 4 rings (SSSR count). The van der Waals surface area contributed by atoms with Crippen LogP contribution in [0.5, 0.6) is 0 Å². The Morgan fingerprint density at radius 2 is 1.81 bits per heavy atom. The largest absolute Gasteiger partial charge is 0.355 e. The number of H-pyrrole nitrogens is 1. The van der Waals surface area contributed by atoms with Gasteiger partial charge >= 0.3 is 0 Å². The van der Waals surface area contributed by atoms with Crippen LogP contribution in [0, 0.1) is 11.3 Å². The zero-order chi connectivity index (χ0) is 17.9. The van der Waals surface area contributed by atoms with Crippen LogP contribution in [0.4, 0.5) is 5.82 Å². The maximum Gasteiger partial charge on any atom is 0.267 e. The molecule has 0 saturated carbocycles. The minimum Gasteiger partial charge on any atom is -0.355 e. The van der Waals surface area contributed by atoms with Crippen molar-refractivity contribution in [2.75, 3.05) is 37.6 Å². The van der Waals surface area contributed by atoms with Crippen molar-refractivity contribution in [3.63, 3.8) is 0 Å². The molecule has 0 amide bonds. The molecule has 2 aromatic rings. The quantitative estimate of drug-likeness (QED) is 0.840. The second-order valence-corrected chi connectivity index (χ2v) is 6.93. The molecule has 3 heterocycles. The topological polar surface area (TPSA) is 75.2 Å². The van der Waals surface area contributed by atoms with Gasteiger partial charge in [0.15, 0.2) is 0 Å². The summed E-state index contributed by atoms with van der Waals surface area (Å²) in [5, 5.41) is 12.9. The van der Waals surface area contributed by atoms with Gasteiger partial charge in [0.1, 0.15) is 17.5 Å². The summed E-state index contributed by atoms with van der Waals surface area (Å²) in [6, 6.07) is 12.5. The Kier molecular flexibility index (Phi) is 6.17. The molecule has 2 aliphatic rings. The number of piperazine rings is 1. The van der Waals surface area contributed by atoms with Gasteiger partial charge in [-0.25, -0.2) is 0 Å². The number of nitrogens with zero attached hydrogens (tertiary/aromatic N) is 3. The summed E-state index contributed by atoms with van der Waals surface area (Å²) in [5.41, 5.74) is 3.32. The van der Waals surface area contributed by atoms with E-state index in [1.54, 1.807) is 0 Å². The fraction of sp³-hybridized carbons (Fsp3) is 0.400. The number of hydrogen-bond donors (Lipinski definition) is 2. The first kappa shape index (κ1) is 19.4. The van der Waals surface area contributed by atoms with Crippen molar-refractivity contribution >= 4 is 18.2 Å². The molecule has 1 saturated heterocycles. The molecule has 27 heavy (non-hydrogen) atoms. The lowest BCUT2D eigenvalue weighted by molar-refractivity contribution is 0.245. The highest BCUT2D eigenvalue weighted by Crippen LogP contribution is 2.28. The third-order valence-corrected chi connectivity index (χ3v) is 5.26. The van der Waals surface area contributed by atoms with Crippen LogP contribution in [0.15, 0.2) is 35.1 Å². The monoisotopic (exact) mass is 385 g/mol. The first-order valence-corrected chi connectivity index (χ1v) is 9.16. The van der Waals surface area contributed by atoms with E-state index in [4.69, 9.17) is 0 Å². The van der Waals surface area contributed by atoms with Crippen molar-refractivity contribution in [2.45, 2.75) is 19.5 Å². The van der Waals surface area contributed by atoms with Crippen molar-refractivity contribution < 1.29 is 0 Å². The van der Waals surface area contributed by atoms with E-state index in [1.165, 1.54) is 5.56 Å². The van der Waals surface area contributed by atoms with Gasteiger partial charge in [-0.15, -0.1) is 12.4 Å². The van der Waals surface area contributed by atoms with Crippen LogP contribution in [0.2, 0.25) is 0 Å². The third-order valence-electron chi connectivity index (χ3n) is 5.26. The molecular formula is C20H24ClN5O. The van der Waals surface area contributed by atoms with Crippen LogP contribution in [0.3, 0.4) is 0 Å². The normalized spacial score (nSPS) is 16.9. The molecule has 2 aliphatic heterocycles. The van der Waals surface area contributed by atoms with E-state index in [2.05, 4.69) is 38.3 Å². The van der Waals surface area contributed by atoms with Gasteiger partial charge in [-0.2, -0.15) is 5.26 Å². The zero-order valence-electron chi connectivity index (χ0n) is 15.2. The van der Waals surface area contributed by atoms with Crippen LogP contribution in [-0.4, -0.2) is 42.6 Å². The van der Waals surface area contributed by atoms with E-state index < -0.39 is 0 Å². The highest BCUT2D eigenvalue weighted by molar-refractivity contribution is 5.85. The van der Waals surface area contributed by atoms with Gasteiger partial charge in [-0.1, -0.05) is 30.3 Å². The standard InChI is InChI=1S/C20H23N5O.ClH/c21-12-17-18-14-24(13-15-4-2-1-3-5-15)9-6-16(18)19(23-20(17)26)25-10-7-22-8-11-25;/h1-5,22H,6-11,13-14H2,(H,23,26);1H. The van der Waals surface area contributed by atoms with E-state index in [1.807, 2.05) is 18.2 Å². The number of benzene rings is 1. The number of hydrogen-bond acceptors (Lipinski definition) is 5. The first-order chi connectivity index (χ1) is 12.8. The van der Waals surface area contributed by atoms with Crippen molar-refractivity contribution in [2.24, 2.45) is 0 Å². The number of fused-ring (bicyclic) bond motifs is 1. The lowest BCUT2D eigenvalue weighted by Gasteiger charge is -2.35. The third kappa shape index (κ3) is 4.01. The fourth-order valence-electron chi connectivity index (χ4n) is 3.95. The second-order valence-electron chi connectivity index (χ2n) is 6.93. The summed E-state index contributed by atoms with van der Waals surface area (Å²) in [6.45, 7) is 5.99. The van der Waals surface area contributed by atoms with Crippen LogP contribution in [0.1, 0.15) is 22.3 Å². The van der Waals surface area contributed by atoms with Gasteiger partial charge in [0.05, 0.1) is 0 Å². The Labute approximate surface area is 165 Å². The molecule has 1 fully saturated rings. The summed E-state index contributed by atoms with van der Waals surface area (Å²) < 4.78 is 0. The number of aromatic nitrogens is 1. The average Bonchev–Trinajstić information content (AvgIpc) is 2.69. The lowest BCUT2D eigenvalue weighted by atomic mass is 9.95. The molecule has 142 valence electrons. The Hall–Kier alpha value is -2.33. The van der Waals surface area contributed by atoms with E-state index in [0.29, 0.717) is 6.54 Å². The average molecular weight is 386 g/mol. The molecule has 0 spiro atoms. The van der Waals surface area contributed by atoms with Gasteiger partial charge in [0.25, 0.3) is 5.56 Å². The molecule has 1 aromatic carbocycles. The van der Waals surface area contributed by atoms with Crippen molar-refractivity contribution in [1.29, 1.82) is 5.26 Å². The smallest absolute Gasteiger partial charge is 0.267 e. The highest BCUT2D eigenvalue weighted by Gasteiger charge is 2.27. The Morgan fingerprint density at radius 1 is 1.07 bits per heavy atom. The fourth-order valence-corrected chi connectivity index (χ4v) is 3.95. The summed E-state index contributed by atoms with van der Waals surface area (Å²) >= 11 is 0. The molecule has 1 aromatic heterocycles. The van der Waals surface area contributed by atoms with Crippen molar-refractivity contribution in [1.82, 2.24) is 15.2 Å². The molecule has 0 radical (unpaired) electrons. The molecule has 0 unspecified atom stereocenters. The Bertz CT molecular complexity index is 884. The molecule has 0 bridgehead atoms. The number of nitrogens with one attached hydrogen (secondary N) is 2. The van der Waals surface area contributed by atoms with Gasteiger partial charge in [0, 0.05) is 51.4 Å². The number of aromatic amines is 1. The number of nitriles is 1. The minimum absolute atomic E-state index is 0. The molecule has 0 aliphatic carbocycles. The van der Waals surface area contributed by atoms with E-state index in [9.17, 15) is 10.1 Å². The molecule has 6 nitrogen and oxygen atoms in total. The van der Waals surface area contributed by atoms with Gasteiger partial charge in [-0.3, -0.25) is 9.69 Å². The van der Waals surface area contributed by atoms with Gasteiger partial charge in [0.2, 0.25) is 0 Å². The SMILES string of the molecule is Cl.N#Cc1c2c(c(N3CCNCC3)[nH]c1=O)CCN(Cc1ccccc1)C2. The van der Waals surface area contributed by atoms with E-state index in [-0.39, 0.29) is 23.5 Å². The minimum atomic E-state index is -0.263. The van der Waals surface area contributed by atoms with E-state index >= 15 is 0 Å². The number of pyridine rings is 1. The lowest BCUT2D eigenvalue weighted by Crippen LogP contribution is -2.45.